The van der Waals surface area contributed by atoms with E-state index in [9.17, 15) is 0 Å². The van der Waals surface area contributed by atoms with Crippen molar-refractivity contribution in [2.24, 2.45) is 22.7 Å². The van der Waals surface area contributed by atoms with E-state index in [0.717, 1.165) is 11.8 Å². The number of allylic oxidation sites excluding steroid dienone is 3. The van der Waals surface area contributed by atoms with Gasteiger partial charge in [-0.3, -0.25) is 0 Å². The molecule has 0 N–H and O–H groups in total. The summed E-state index contributed by atoms with van der Waals surface area (Å²) in [5.74, 6) is 1.64. The summed E-state index contributed by atoms with van der Waals surface area (Å²) in [6, 6.07) is 0. The second-order valence-corrected chi connectivity index (χ2v) is 6.44. The van der Waals surface area contributed by atoms with Gasteiger partial charge in [-0.2, -0.15) is 0 Å². The molecule has 2 rings (SSSR count). The van der Waals surface area contributed by atoms with E-state index in [4.69, 9.17) is 0 Å². The van der Waals surface area contributed by atoms with Crippen molar-refractivity contribution in [1.82, 2.24) is 0 Å². The molecule has 2 bridgehead atoms. The molecule has 2 aliphatic carbocycles. The van der Waals surface area contributed by atoms with Crippen LogP contribution in [0.5, 0.6) is 0 Å². The first-order chi connectivity index (χ1) is 6.89. The van der Waals surface area contributed by atoms with Gasteiger partial charge < -0.3 is 0 Å². The molecule has 0 unspecified atom stereocenters. The summed E-state index contributed by atoms with van der Waals surface area (Å²) in [7, 11) is 0. The average molecular weight is 204 g/mol. The third-order valence-electron chi connectivity index (χ3n) is 5.02. The number of hydrogen-bond donors (Lipinski definition) is 0. The van der Waals surface area contributed by atoms with Crippen LogP contribution >= 0.6 is 0 Å². The fourth-order valence-corrected chi connectivity index (χ4v) is 3.76. The van der Waals surface area contributed by atoms with Gasteiger partial charge in [-0.15, -0.1) is 6.58 Å². The average Bonchev–Trinajstić information content (AvgIpc) is 2.16. The van der Waals surface area contributed by atoms with E-state index in [1.165, 1.54) is 19.3 Å². The lowest BCUT2D eigenvalue weighted by molar-refractivity contribution is 0.0797. The molecule has 0 saturated heterocycles. The van der Waals surface area contributed by atoms with Crippen LogP contribution in [0.1, 0.15) is 47.0 Å². The van der Waals surface area contributed by atoms with Crippen LogP contribution in [0, 0.1) is 22.7 Å². The Bertz CT molecular complexity index is 308. The maximum atomic E-state index is 4.05. The Hall–Kier alpha value is -0.520. The molecule has 84 valence electrons. The zero-order valence-electron chi connectivity index (χ0n) is 10.6. The lowest BCUT2D eigenvalue weighted by Gasteiger charge is -2.51. The molecule has 1 fully saturated rings. The smallest absolute Gasteiger partial charge is 0.00837 e. The van der Waals surface area contributed by atoms with Crippen LogP contribution in [0.15, 0.2) is 24.3 Å². The van der Waals surface area contributed by atoms with E-state index in [1.54, 1.807) is 5.57 Å². The third-order valence-corrected chi connectivity index (χ3v) is 5.02. The lowest BCUT2D eigenvalue weighted by Crippen LogP contribution is -2.41. The molecule has 0 aromatic heterocycles. The van der Waals surface area contributed by atoms with Crippen molar-refractivity contribution in [3.63, 3.8) is 0 Å². The van der Waals surface area contributed by atoms with Crippen LogP contribution in [0.3, 0.4) is 0 Å². The van der Waals surface area contributed by atoms with Crippen molar-refractivity contribution >= 4 is 0 Å². The molecule has 0 radical (unpaired) electrons. The van der Waals surface area contributed by atoms with Crippen molar-refractivity contribution in [3.8, 4) is 0 Å². The molecule has 0 amide bonds. The van der Waals surface area contributed by atoms with Crippen molar-refractivity contribution in [1.29, 1.82) is 0 Å². The summed E-state index contributed by atoms with van der Waals surface area (Å²) in [4.78, 5) is 0. The molecular formula is C15H24. The molecule has 0 nitrogen and oxygen atoms in total. The topological polar surface area (TPSA) is 0 Å². The van der Waals surface area contributed by atoms with Crippen molar-refractivity contribution in [2.75, 3.05) is 0 Å². The van der Waals surface area contributed by atoms with Crippen LogP contribution in [-0.2, 0) is 0 Å². The van der Waals surface area contributed by atoms with E-state index >= 15 is 0 Å². The van der Waals surface area contributed by atoms with E-state index < -0.39 is 0 Å². The Morgan fingerprint density at radius 3 is 2.67 bits per heavy atom. The normalized spacial score (nSPS) is 43.3. The van der Waals surface area contributed by atoms with Gasteiger partial charge in [0.05, 0.1) is 0 Å². The van der Waals surface area contributed by atoms with Crippen molar-refractivity contribution in [3.05, 3.63) is 24.3 Å². The Morgan fingerprint density at radius 2 is 2.07 bits per heavy atom. The molecule has 0 spiro atoms. The molecule has 0 aromatic rings. The van der Waals surface area contributed by atoms with Crippen molar-refractivity contribution in [2.45, 2.75) is 47.0 Å². The molecule has 3 atom stereocenters. The summed E-state index contributed by atoms with van der Waals surface area (Å²) in [5.41, 5.74) is 2.37. The highest BCUT2D eigenvalue weighted by Gasteiger charge is 2.45. The van der Waals surface area contributed by atoms with Crippen LogP contribution in [0.2, 0.25) is 0 Å². The highest BCUT2D eigenvalue weighted by molar-refractivity contribution is 5.22. The second kappa shape index (κ2) is 3.23. The fraction of sp³-hybridized carbons (Fsp3) is 0.733. The van der Waals surface area contributed by atoms with Crippen molar-refractivity contribution < 1.29 is 0 Å². The molecule has 0 heteroatoms. The SMILES string of the molecule is C=C[C@@]1(C)CC[C@H]2C[C@@H]1C(C)=CC2(C)C. The number of fused-ring (bicyclic) bond motifs is 2. The van der Waals surface area contributed by atoms with Crippen LogP contribution in [0.25, 0.3) is 0 Å². The molecule has 15 heavy (non-hydrogen) atoms. The van der Waals surface area contributed by atoms with Crippen LogP contribution in [0.4, 0.5) is 0 Å². The summed E-state index contributed by atoms with van der Waals surface area (Å²) < 4.78 is 0. The zero-order valence-corrected chi connectivity index (χ0v) is 10.6. The van der Waals surface area contributed by atoms with Gasteiger partial charge in [0.2, 0.25) is 0 Å². The lowest BCUT2D eigenvalue weighted by atomic mass is 9.53. The van der Waals surface area contributed by atoms with E-state index in [1.807, 2.05) is 0 Å². The Balaban J connectivity index is 2.39. The molecular weight excluding hydrogens is 180 g/mol. The molecule has 0 aromatic carbocycles. The zero-order chi connectivity index (χ0) is 11.3. The quantitative estimate of drug-likeness (QED) is 0.548. The summed E-state index contributed by atoms with van der Waals surface area (Å²) >= 11 is 0. The highest BCUT2D eigenvalue weighted by atomic mass is 14.5. The summed E-state index contributed by atoms with van der Waals surface area (Å²) in [6.45, 7) is 13.5. The number of rotatable bonds is 1. The number of hydrogen-bond acceptors (Lipinski definition) is 0. The highest BCUT2D eigenvalue weighted by Crippen LogP contribution is 2.55. The first-order valence-corrected chi connectivity index (χ1v) is 6.22. The molecule has 1 saturated carbocycles. The van der Waals surface area contributed by atoms with Gasteiger partial charge in [-0.05, 0) is 48.9 Å². The minimum atomic E-state index is 0.355. The molecule has 0 heterocycles. The predicted molar refractivity (Wildman–Crippen MR) is 66.7 cm³/mol. The minimum absolute atomic E-state index is 0.355. The molecule has 2 aliphatic rings. The Kier molecular flexibility index (Phi) is 2.37. The van der Waals surface area contributed by atoms with Gasteiger partial charge in [0.1, 0.15) is 0 Å². The second-order valence-electron chi connectivity index (χ2n) is 6.44. The Labute approximate surface area is 94.5 Å². The standard InChI is InChI=1S/C15H24/c1-6-15(5)8-7-12-9-13(15)11(2)10-14(12,3)4/h6,10,12-13H,1,7-9H2,2-5H3/t12-,13+,15-/m0/s1. The van der Waals surface area contributed by atoms with Gasteiger partial charge in [0, 0.05) is 0 Å². The maximum absolute atomic E-state index is 4.05. The summed E-state index contributed by atoms with van der Waals surface area (Å²) in [6.07, 6.45) is 8.78. The van der Waals surface area contributed by atoms with Gasteiger partial charge in [0.15, 0.2) is 0 Å². The third kappa shape index (κ3) is 1.58. The monoisotopic (exact) mass is 204 g/mol. The predicted octanol–water partition coefficient (Wildman–Crippen LogP) is 4.58. The minimum Gasteiger partial charge on any atom is -0.103 e. The van der Waals surface area contributed by atoms with E-state index in [-0.39, 0.29) is 0 Å². The van der Waals surface area contributed by atoms with Crippen LogP contribution in [-0.4, -0.2) is 0 Å². The first-order valence-electron chi connectivity index (χ1n) is 6.22. The van der Waals surface area contributed by atoms with Gasteiger partial charge in [-0.1, -0.05) is 38.5 Å². The first kappa shape index (κ1) is 11.0. The maximum Gasteiger partial charge on any atom is -0.00837 e. The van der Waals surface area contributed by atoms with Gasteiger partial charge >= 0.3 is 0 Å². The fourth-order valence-electron chi connectivity index (χ4n) is 3.76. The van der Waals surface area contributed by atoms with Gasteiger partial charge in [0.25, 0.3) is 0 Å². The molecule has 0 aliphatic heterocycles. The largest absolute Gasteiger partial charge is 0.103 e. The van der Waals surface area contributed by atoms with Crippen LogP contribution < -0.4 is 0 Å². The van der Waals surface area contributed by atoms with E-state index in [0.29, 0.717) is 10.8 Å². The Morgan fingerprint density at radius 1 is 1.40 bits per heavy atom. The summed E-state index contributed by atoms with van der Waals surface area (Å²) in [5, 5.41) is 0. The van der Waals surface area contributed by atoms with E-state index in [2.05, 4.69) is 46.4 Å². The van der Waals surface area contributed by atoms with Gasteiger partial charge in [-0.25, -0.2) is 0 Å².